The van der Waals surface area contributed by atoms with Gasteiger partial charge in [0.15, 0.2) is 5.16 Å². The van der Waals surface area contributed by atoms with Crippen LogP contribution in [0.15, 0.2) is 84.0 Å². The van der Waals surface area contributed by atoms with Crippen molar-refractivity contribution in [2.75, 3.05) is 5.75 Å². The number of hydrazine groups is 1. The molecule has 1 amide bonds. The van der Waals surface area contributed by atoms with E-state index in [9.17, 15) is 4.79 Å². The Bertz CT molecular complexity index is 1180. The highest BCUT2D eigenvalue weighted by Gasteiger charge is 2.22. The van der Waals surface area contributed by atoms with Crippen LogP contribution in [0.4, 0.5) is 0 Å². The van der Waals surface area contributed by atoms with Gasteiger partial charge in [-0.3, -0.25) is 14.8 Å². The zero-order valence-corrected chi connectivity index (χ0v) is 18.3. The van der Waals surface area contributed by atoms with E-state index in [0.29, 0.717) is 0 Å². The monoisotopic (exact) mass is 428 g/mol. The molecule has 0 fully saturated rings. The number of imidazole rings is 1. The maximum absolute atomic E-state index is 11.9. The van der Waals surface area contributed by atoms with Gasteiger partial charge in [0, 0.05) is 16.8 Å². The molecule has 1 aromatic heterocycles. The number of amides is 1. The van der Waals surface area contributed by atoms with Gasteiger partial charge in [0.1, 0.15) is 0 Å². The molecule has 0 spiro atoms. The summed E-state index contributed by atoms with van der Waals surface area (Å²) in [6.45, 7) is 4.17. The molecule has 0 aliphatic carbocycles. The lowest BCUT2D eigenvalue weighted by Crippen LogP contribution is -2.31. The number of carbonyl (C=O) groups excluding carboxylic acids is 1. The summed E-state index contributed by atoms with van der Waals surface area (Å²) in [6.07, 6.45) is 0. The topological polar surface area (TPSA) is 72.9 Å². The third kappa shape index (κ3) is 4.55. The van der Waals surface area contributed by atoms with Gasteiger partial charge in [0.05, 0.1) is 17.1 Å². The van der Waals surface area contributed by atoms with Gasteiger partial charge >= 0.3 is 0 Å². The van der Waals surface area contributed by atoms with Gasteiger partial charge in [0.2, 0.25) is 5.91 Å². The number of hydrogen-bond acceptors (Lipinski definition) is 4. The number of nitrogens with two attached hydrogens (primary N) is 1. The zero-order chi connectivity index (χ0) is 21.8. The van der Waals surface area contributed by atoms with E-state index in [1.54, 1.807) is 0 Å². The lowest BCUT2D eigenvalue weighted by molar-refractivity contribution is -0.118. The van der Waals surface area contributed by atoms with E-state index in [4.69, 9.17) is 10.8 Å². The first-order chi connectivity index (χ1) is 15.1. The Labute approximate surface area is 186 Å². The van der Waals surface area contributed by atoms with Crippen molar-refractivity contribution < 1.29 is 4.79 Å². The smallest absolute Gasteiger partial charge is 0.244 e. The Morgan fingerprint density at radius 2 is 1.52 bits per heavy atom. The highest BCUT2D eigenvalue weighted by Crippen LogP contribution is 2.38. The van der Waals surface area contributed by atoms with E-state index in [-0.39, 0.29) is 11.7 Å². The number of aromatic nitrogens is 2. The summed E-state index contributed by atoms with van der Waals surface area (Å²) >= 11 is 1.37. The van der Waals surface area contributed by atoms with Crippen molar-refractivity contribution in [2.24, 2.45) is 5.84 Å². The van der Waals surface area contributed by atoms with Crippen LogP contribution in [-0.4, -0.2) is 21.2 Å². The fraction of sp³-hybridized carbons (Fsp3) is 0.120. The van der Waals surface area contributed by atoms with Crippen LogP contribution in [-0.2, 0) is 4.79 Å². The number of aryl methyl sites for hydroxylation is 2. The van der Waals surface area contributed by atoms with Gasteiger partial charge in [-0.15, -0.1) is 0 Å². The number of hydrogen-bond donors (Lipinski definition) is 2. The number of benzene rings is 3. The van der Waals surface area contributed by atoms with Gasteiger partial charge in [-0.2, -0.15) is 0 Å². The number of carbonyl (C=O) groups is 1. The minimum absolute atomic E-state index is 0.181. The molecule has 31 heavy (non-hydrogen) atoms. The molecule has 0 saturated carbocycles. The molecule has 4 aromatic rings. The van der Waals surface area contributed by atoms with Crippen LogP contribution in [0.25, 0.3) is 28.2 Å². The Hall–Kier alpha value is -3.35. The molecule has 0 atom stereocenters. The lowest BCUT2D eigenvalue weighted by atomic mass is 10.0. The Morgan fingerprint density at radius 3 is 2.10 bits per heavy atom. The van der Waals surface area contributed by atoms with Crippen molar-refractivity contribution >= 4 is 17.7 Å². The van der Waals surface area contributed by atoms with Crippen molar-refractivity contribution in [2.45, 2.75) is 19.0 Å². The summed E-state index contributed by atoms with van der Waals surface area (Å²) in [5, 5.41) is 0.742. The average Bonchev–Trinajstić information content (AvgIpc) is 3.17. The largest absolute Gasteiger partial charge is 0.294 e. The molecule has 156 valence electrons. The molecule has 5 nitrogen and oxygen atoms in total. The quantitative estimate of drug-likeness (QED) is 0.198. The van der Waals surface area contributed by atoms with E-state index in [1.165, 1.54) is 22.9 Å². The van der Waals surface area contributed by atoms with E-state index < -0.39 is 0 Å². The molecular formula is C25H24N4OS. The molecule has 0 bridgehead atoms. The molecule has 0 saturated heterocycles. The molecule has 0 aliphatic heterocycles. The minimum atomic E-state index is -0.248. The van der Waals surface area contributed by atoms with Crippen molar-refractivity contribution in [1.29, 1.82) is 0 Å². The lowest BCUT2D eigenvalue weighted by Gasteiger charge is -2.14. The molecular weight excluding hydrogens is 404 g/mol. The predicted octanol–water partition coefficient (Wildman–Crippen LogP) is 4.91. The van der Waals surface area contributed by atoms with Gasteiger partial charge in [-0.25, -0.2) is 10.8 Å². The van der Waals surface area contributed by atoms with Crippen molar-refractivity contribution in [1.82, 2.24) is 15.0 Å². The predicted molar refractivity (Wildman–Crippen MR) is 127 cm³/mol. The van der Waals surface area contributed by atoms with Gasteiger partial charge in [-0.1, -0.05) is 78.5 Å². The third-order valence-corrected chi connectivity index (χ3v) is 5.84. The molecule has 4 rings (SSSR count). The van der Waals surface area contributed by atoms with E-state index in [0.717, 1.165) is 33.4 Å². The molecule has 0 radical (unpaired) electrons. The first kappa shape index (κ1) is 20.9. The van der Waals surface area contributed by atoms with Gasteiger partial charge in [0.25, 0.3) is 0 Å². The SMILES string of the molecule is Cc1cc(C)cc(-n2c(SCC(=O)NN)nc(-c3ccccc3)c2-c2ccccc2)c1. The van der Waals surface area contributed by atoms with Crippen LogP contribution < -0.4 is 11.3 Å². The van der Waals surface area contributed by atoms with Crippen LogP contribution in [0.3, 0.4) is 0 Å². The van der Waals surface area contributed by atoms with Gasteiger partial charge in [-0.05, 0) is 37.1 Å². The van der Waals surface area contributed by atoms with Crippen LogP contribution in [0, 0.1) is 13.8 Å². The number of nitrogens with zero attached hydrogens (tertiary/aromatic N) is 2. The van der Waals surface area contributed by atoms with Crippen molar-refractivity contribution in [3.63, 3.8) is 0 Å². The summed E-state index contributed by atoms with van der Waals surface area (Å²) in [5.74, 6) is 5.24. The fourth-order valence-corrected chi connectivity index (χ4v) is 4.47. The molecule has 0 aliphatic rings. The first-order valence-corrected chi connectivity index (χ1v) is 11.0. The van der Waals surface area contributed by atoms with Crippen LogP contribution in [0.5, 0.6) is 0 Å². The first-order valence-electron chi connectivity index (χ1n) is 10.0. The molecule has 0 unspecified atom stereocenters. The maximum atomic E-state index is 11.9. The summed E-state index contributed by atoms with van der Waals surface area (Å²) in [7, 11) is 0. The zero-order valence-electron chi connectivity index (χ0n) is 17.5. The van der Waals surface area contributed by atoms with Crippen molar-refractivity contribution in [3.8, 4) is 28.2 Å². The van der Waals surface area contributed by atoms with Crippen molar-refractivity contribution in [3.05, 3.63) is 90.0 Å². The molecule has 3 aromatic carbocycles. The highest BCUT2D eigenvalue weighted by atomic mass is 32.2. The Balaban J connectivity index is 2.00. The maximum Gasteiger partial charge on any atom is 0.244 e. The van der Waals surface area contributed by atoms with Crippen LogP contribution in [0.2, 0.25) is 0 Å². The second-order valence-electron chi connectivity index (χ2n) is 7.36. The van der Waals surface area contributed by atoms with Crippen LogP contribution >= 0.6 is 11.8 Å². The van der Waals surface area contributed by atoms with E-state index >= 15 is 0 Å². The molecule has 3 N–H and O–H groups in total. The van der Waals surface area contributed by atoms with Crippen LogP contribution in [0.1, 0.15) is 11.1 Å². The summed E-state index contributed by atoms with van der Waals surface area (Å²) < 4.78 is 2.14. The Morgan fingerprint density at radius 1 is 0.935 bits per heavy atom. The second kappa shape index (κ2) is 9.20. The Kier molecular flexibility index (Phi) is 6.21. The van der Waals surface area contributed by atoms with Gasteiger partial charge < -0.3 is 0 Å². The molecule has 6 heteroatoms. The second-order valence-corrected chi connectivity index (χ2v) is 8.30. The summed E-state index contributed by atoms with van der Waals surface area (Å²) in [6, 6.07) is 26.8. The summed E-state index contributed by atoms with van der Waals surface area (Å²) in [4.78, 5) is 16.9. The average molecular weight is 429 g/mol. The van der Waals surface area contributed by atoms with E-state index in [2.05, 4.69) is 66.3 Å². The standard InChI is InChI=1S/C25H24N4OS/c1-17-13-18(2)15-21(14-17)29-24(20-11-7-4-8-12-20)23(19-9-5-3-6-10-19)27-25(29)31-16-22(30)28-26/h3-15H,16,26H2,1-2H3,(H,28,30). The third-order valence-electron chi connectivity index (χ3n) is 4.90. The highest BCUT2D eigenvalue weighted by molar-refractivity contribution is 7.99. The normalized spacial score (nSPS) is 10.8. The minimum Gasteiger partial charge on any atom is -0.294 e. The van der Waals surface area contributed by atoms with E-state index in [1.807, 2.05) is 36.4 Å². The number of nitrogens with one attached hydrogen (secondary N) is 1. The summed E-state index contributed by atoms with van der Waals surface area (Å²) in [5.41, 5.74) is 9.50. The number of rotatable bonds is 6. The fourth-order valence-electron chi connectivity index (χ4n) is 3.65. The molecule has 1 heterocycles. The number of thioether (sulfide) groups is 1.